The highest BCUT2D eigenvalue weighted by molar-refractivity contribution is 7.11. The summed E-state index contributed by atoms with van der Waals surface area (Å²) in [6.07, 6.45) is 3.08. The standard InChI is InChI=1S/C19H23N3O2S/c1-11(17-12(2)25-13(3)21-17)20-18(23)15-7-9-16(10-8-15)22-19(24)14-5-4-6-14/h7-11,14H,4-6H2,1-3H3,(H,20,23)(H,22,24)/t11-/m0/s1. The van der Waals surface area contributed by atoms with Gasteiger partial charge in [-0.2, -0.15) is 0 Å². The van der Waals surface area contributed by atoms with Crippen molar-refractivity contribution in [1.29, 1.82) is 0 Å². The Bertz CT molecular complexity index is 778. The van der Waals surface area contributed by atoms with Gasteiger partial charge in [-0.1, -0.05) is 6.42 Å². The molecule has 0 aliphatic heterocycles. The molecule has 132 valence electrons. The molecule has 1 aliphatic rings. The second kappa shape index (κ2) is 7.35. The van der Waals surface area contributed by atoms with Crippen LogP contribution in [0.15, 0.2) is 24.3 Å². The molecule has 3 rings (SSSR count). The molecule has 1 aromatic carbocycles. The van der Waals surface area contributed by atoms with E-state index in [0.717, 1.165) is 40.5 Å². The van der Waals surface area contributed by atoms with Crippen LogP contribution in [0.5, 0.6) is 0 Å². The Morgan fingerprint density at radius 1 is 1.20 bits per heavy atom. The Morgan fingerprint density at radius 2 is 1.88 bits per heavy atom. The van der Waals surface area contributed by atoms with Gasteiger partial charge in [-0.3, -0.25) is 9.59 Å². The fourth-order valence-electron chi connectivity index (χ4n) is 2.91. The second-order valence-electron chi connectivity index (χ2n) is 6.56. The van der Waals surface area contributed by atoms with Gasteiger partial charge in [-0.15, -0.1) is 11.3 Å². The average Bonchev–Trinajstić information content (AvgIpc) is 2.84. The Kier molecular flexibility index (Phi) is 5.18. The first kappa shape index (κ1) is 17.6. The Morgan fingerprint density at radius 3 is 2.40 bits per heavy atom. The number of hydrogen-bond donors (Lipinski definition) is 2. The SMILES string of the molecule is Cc1nc([C@H](C)NC(=O)c2ccc(NC(=O)C3CCC3)cc2)c(C)s1. The summed E-state index contributed by atoms with van der Waals surface area (Å²) in [5.74, 6) is 0.0782. The second-order valence-corrected chi connectivity index (χ2v) is 7.97. The monoisotopic (exact) mass is 357 g/mol. The first-order valence-electron chi connectivity index (χ1n) is 8.59. The third-order valence-electron chi connectivity index (χ3n) is 4.59. The van der Waals surface area contributed by atoms with Gasteiger partial charge in [0.15, 0.2) is 0 Å². The zero-order valence-corrected chi connectivity index (χ0v) is 15.6. The molecule has 0 saturated heterocycles. The first-order valence-corrected chi connectivity index (χ1v) is 9.41. The highest BCUT2D eigenvalue weighted by Gasteiger charge is 2.25. The van der Waals surface area contributed by atoms with Crippen LogP contribution in [0.2, 0.25) is 0 Å². The van der Waals surface area contributed by atoms with Crippen molar-refractivity contribution in [2.24, 2.45) is 5.92 Å². The van der Waals surface area contributed by atoms with Crippen molar-refractivity contribution in [3.8, 4) is 0 Å². The van der Waals surface area contributed by atoms with E-state index in [2.05, 4.69) is 15.6 Å². The molecule has 25 heavy (non-hydrogen) atoms. The molecule has 1 atom stereocenters. The molecule has 0 radical (unpaired) electrons. The number of aryl methyl sites for hydroxylation is 2. The minimum atomic E-state index is -0.144. The van der Waals surface area contributed by atoms with E-state index in [9.17, 15) is 9.59 Å². The maximum atomic E-state index is 12.4. The predicted molar refractivity (Wildman–Crippen MR) is 99.9 cm³/mol. The van der Waals surface area contributed by atoms with Crippen LogP contribution in [0.1, 0.15) is 58.2 Å². The van der Waals surface area contributed by atoms with Gasteiger partial charge in [0.2, 0.25) is 5.91 Å². The number of anilines is 1. The summed E-state index contributed by atoms with van der Waals surface area (Å²) in [5, 5.41) is 6.89. The lowest BCUT2D eigenvalue weighted by Gasteiger charge is -2.24. The fourth-order valence-corrected chi connectivity index (χ4v) is 3.83. The largest absolute Gasteiger partial charge is 0.344 e. The zero-order chi connectivity index (χ0) is 18.0. The number of thiazole rings is 1. The lowest BCUT2D eigenvalue weighted by atomic mass is 9.85. The summed E-state index contributed by atoms with van der Waals surface area (Å²) in [6, 6.07) is 6.87. The Hall–Kier alpha value is -2.21. The summed E-state index contributed by atoms with van der Waals surface area (Å²) in [6.45, 7) is 5.92. The summed E-state index contributed by atoms with van der Waals surface area (Å²) >= 11 is 1.63. The van der Waals surface area contributed by atoms with Gasteiger partial charge in [0.25, 0.3) is 5.91 Å². The van der Waals surface area contributed by atoms with Crippen LogP contribution in [-0.4, -0.2) is 16.8 Å². The highest BCUT2D eigenvalue weighted by Crippen LogP contribution is 2.27. The molecule has 2 aromatic rings. The van der Waals surface area contributed by atoms with Crippen molar-refractivity contribution in [3.05, 3.63) is 45.4 Å². The van der Waals surface area contributed by atoms with Gasteiger partial charge >= 0.3 is 0 Å². The number of carbonyl (C=O) groups excluding carboxylic acids is 2. The molecule has 2 amide bonds. The topological polar surface area (TPSA) is 71.1 Å². The zero-order valence-electron chi connectivity index (χ0n) is 14.8. The van der Waals surface area contributed by atoms with Crippen molar-refractivity contribution in [1.82, 2.24) is 10.3 Å². The summed E-state index contributed by atoms with van der Waals surface area (Å²) in [5.41, 5.74) is 2.21. The number of benzene rings is 1. The summed E-state index contributed by atoms with van der Waals surface area (Å²) in [4.78, 5) is 30.0. The quantitative estimate of drug-likeness (QED) is 0.850. The third-order valence-corrected chi connectivity index (χ3v) is 5.49. The van der Waals surface area contributed by atoms with Crippen LogP contribution >= 0.6 is 11.3 Å². The van der Waals surface area contributed by atoms with Crippen LogP contribution in [0, 0.1) is 19.8 Å². The van der Waals surface area contributed by atoms with Crippen LogP contribution in [0.25, 0.3) is 0 Å². The van der Waals surface area contributed by atoms with Gasteiger partial charge in [0.1, 0.15) is 0 Å². The minimum absolute atomic E-state index is 0.0754. The van der Waals surface area contributed by atoms with E-state index in [0.29, 0.717) is 5.56 Å². The fraction of sp³-hybridized carbons (Fsp3) is 0.421. The van der Waals surface area contributed by atoms with E-state index in [-0.39, 0.29) is 23.8 Å². The lowest BCUT2D eigenvalue weighted by molar-refractivity contribution is -0.122. The van der Waals surface area contributed by atoms with E-state index in [1.807, 2.05) is 20.8 Å². The molecule has 1 fully saturated rings. The maximum absolute atomic E-state index is 12.4. The minimum Gasteiger partial charge on any atom is -0.344 e. The molecule has 1 aliphatic carbocycles. The van der Waals surface area contributed by atoms with Gasteiger partial charge in [0.05, 0.1) is 16.7 Å². The van der Waals surface area contributed by atoms with Gasteiger partial charge in [-0.25, -0.2) is 4.98 Å². The predicted octanol–water partition coefficient (Wildman–Crippen LogP) is 3.99. The maximum Gasteiger partial charge on any atom is 0.251 e. The smallest absolute Gasteiger partial charge is 0.251 e. The molecule has 6 heteroatoms. The number of aromatic nitrogens is 1. The van der Waals surface area contributed by atoms with E-state index in [1.54, 1.807) is 35.6 Å². The lowest BCUT2D eigenvalue weighted by Crippen LogP contribution is -2.28. The normalized spacial score (nSPS) is 15.3. The Balaban J connectivity index is 1.60. The molecule has 5 nitrogen and oxygen atoms in total. The molecule has 1 aromatic heterocycles. The molecule has 1 heterocycles. The molecular weight excluding hydrogens is 334 g/mol. The van der Waals surface area contributed by atoms with Gasteiger partial charge in [-0.05, 0) is 57.9 Å². The van der Waals surface area contributed by atoms with Gasteiger partial charge < -0.3 is 10.6 Å². The first-order chi connectivity index (χ1) is 11.9. The number of carbonyl (C=O) groups is 2. The number of nitrogens with zero attached hydrogens (tertiary/aromatic N) is 1. The van der Waals surface area contributed by atoms with Crippen molar-refractivity contribution in [2.75, 3.05) is 5.32 Å². The summed E-state index contributed by atoms with van der Waals surface area (Å²) < 4.78 is 0. The van der Waals surface area contributed by atoms with Crippen LogP contribution in [0.4, 0.5) is 5.69 Å². The molecular formula is C19H23N3O2S. The number of rotatable bonds is 5. The van der Waals surface area contributed by atoms with E-state index < -0.39 is 0 Å². The highest BCUT2D eigenvalue weighted by atomic mass is 32.1. The van der Waals surface area contributed by atoms with Crippen LogP contribution in [0.3, 0.4) is 0 Å². The van der Waals surface area contributed by atoms with Crippen LogP contribution < -0.4 is 10.6 Å². The molecule has 0 unspecified atom stereocenters. The molecule has 0 bridgehead atoms. The number of nitrogens with one attached hydrogen (secondary N) is 2. The number of amides is 2. The molecule has 1 saturated carbocycles. The van der Waals surface area contributed by atoms with Crippen molar-refractivity contribution >= 4 is 28.8 Å². The van der Waals surface area contributed by atoms with Crippen molar-refractivity contribution in [3.63, 3.8) is 0 Å². The molecule has 2 N–H and O–H groups in total. The average molecular weight is 357 g/mol. The van der Waals surface area contributed by atoms with Crippen LogP contribution in [-0.2, 0) is 4.79 Å². The van der Waals surface area contributed by atoms with Gasteiger partial charge in [0, 0.05) is 22.0 Å². The molecule has 0 spiro atoms. The van der Waals surface area contributed by atoms with Crippen molar-refractivity contribution in [2.45, 2.75) is 46.1 Å². The Labute approximate surface area is 151 Å². The van der Waals surface area contributed by atoms with E-state index in [1.165, 1.54) is 0 Å². The van der Waals surface area contributed by atoms with E-state index >= 15 is 0 Å². The van der Waals surface area contributed by atoms with Crippen molar-refractivity contribution < 1.29 is 9.59 Å². The number of hydrogen-bond acceptors (Lipinski definition) is 4. The summed E-state index contributed by atoms with van der Waals surface area (Å²) in [7, 11) is 0. The third kappa shape index (κ3) is 4.07. The van der Waals surface area contributed by atoms with E-state index in [4.69, 9.17) is 0 Å².